The zero-order chi connectivity index (χ0) is 19.1. The summed E-state index contributed by atoms with van der Waals surface area (Å²) in [5.41, 5.74) is 1.19. The summed E-state index contributed by atoms with van der Waals surface area (Å²) in [5.74, 6) is 0.197. The van der Waals surface area contributed by atoms with Gasteiger partial charge in [-0.25, -0.2) is 9.37 Å². The van der Waals surface area contributed by atoms with Gasteiger partial charge in [-0.1, -0.05) is 43.9 Å². The number of ether oxygens (including phenoxy) is 1. The SMILES string of the molecule is CCCCCCCOc1ccc(C(=O)Nc2nc3ccc(F)cc3s2)cc1. The maximum Gasteiger partial charge on any atom is 0.257 e. The Kier molecular flexibility index (Phi) is 6.76. The minimum absolute atomic E-state index is 0.249. The number of hydrogen-bond donors (Lipinski definition) is 1. The summed E-state index contributed by atoms with van der Waals surface area (Å²) in [6.45, 7) is 2.89. The number of anilines is 1. The summed E-state index contributed by atoms with van der Waals surface area (Å²) < 4.78 is 19.7. The molecular formula is C21H23FN2O2S. The van der Waals surface area contributed by atoms with E-state index < -0.39 is 0 Å². The lowest BCUT2D eigenvalue weighted by atomic mass is 10.2. The second-order valence-corrected chi connectivity index (χ2v) is 7.40. The second kappa shape index (κ2) is 9.46. The van der Waals surface area contributed by atoms with E-state index in [0.717, 1.165) is 12.2 Å². The molecule has 0 aliphatic rings. The van der Waals surface area contributed by atoms with E-state index >= 15 is 0 Å². The van der Waals surface area contributed by atoms with Crippen LogP contribution in [0.15, 0.2) is 42.5 Å². The molecule has 0 aliphatic carbocycles. The van der Waals surface area contributed by atoms with E-state index in [9.17, 15) is 9.18 Å². The van der Waals surface area contributed by atoms with Crippen LogP contribution in [-0.4, -0.2) is 17.5 Å². The number of amides is 1. The number of rotatable bonds is 9. The number of hydrogen-bond acceptors (Lipinski definition) is 4. The van der Waals surface area contributed by atoms with Crippen LogP contribution in [-0.2, 0) is 0 Å². The highest BCUT2D eigenvalue weighted by Crippen LogP contribution is 2.27. The number of fused-ring (bicyclic) bond motifs is 1. The predicted octanol–water partition coefficient (Wildman–Crippen LogP) is 6.04. The molecule has 0 bridgehead atoms. The normalized spacial score (nSPS) is 10.9. The van der Waals surface area contributed by atoms with Crippen molar-refractivity contribution in [2.45, 2.75) is 39.0 Å². The number of nitrogens with zero attached hydrogens (tertiary/aromatic N) is 1. The highest BCUT2D eigenvalue weighted by Gasteiger charge is 2.10. The van der Waals surface area contributed by atoms with Crippen molar-refractivity contribution in [3.8, 4) is 5.75 Å². The van der Waals surface area contributed by atoms with Gasteiger partial charge >= 0.3 is 0 Å². The summed E-state index contributed by atoms with van der Waals surface area (Å²) >= 11 is 1.25. The quantitative estimate of drug-likeness (QED) is 0.456. The van der Waals surface area contributed by atoms with E-state index in [0.29, 0.717) is 27.5 Å². The third-order valence-electron chi connectivity index (χ3n) is 4.20. The first kappa shape index (κ1) is 19.3. The zero-order valence-corrected chi connectivity index (χ0v) is 16.2. The average Bonchev–Trinajstić information content (AvgIpc) is 3.06. The Labute approximate surface area is 162 Å². The van der Waals surface area contributed by atoms with Crippen LogP contribution in [0.2, 0.25) is 0 Å². The van der Waals surface area contributed by atoms with Crippen molar-refractivity contribution in [2.75, 3.05) is 11.9 Å². The molecule has 142 valence electrons. The smallest absolute Gasteiger partial charge is 0.257 e. The van der Waals surface area contributed by atoms with Gasteiger partial charge in [0.25, 0.3) is 5.91 Å². The van der Waals surface area contributed by atoms with Crippen LogP contribution < -0.4 is 10.1 Å². The molecule has 0 unspecified atom stereocenters. The third-order valence-corrected chi connectivity index (χ3v) is 5.14. The largest absolute Gasteiger partial charge is 0.494 e. The molecule has 0 aliphatic heterocycles. The Hall–Kier alpha value is -2.47. The molecule has 0 radical (unpaired) electrons. The fraction of sp³-hybridized carbons (Fsp3) is 0.333. The van der Waals surface area contributed by atoms with Crippen LogP contribution >= 0.6 is 11.3 Å². The van der Waals surface area contributed by atoms with E-state index in [1.54, 1.807) is 30.3 Å². The zero-order valence-electron chi connectivity index (χ0n) is 15.3. The molecule has 0 spiro atoms. The number of carbonyl (C=O) groups is 1. The molecule has 1 aromatic heterocycles. The molecule has 1 N–H and O–H groups in total. The molecule has 2 aromatic carbocycles. The molecule has 4 nitrogen and oxygen atoms in total. The van der Waals surface area contributed by atoms with Gasteiger partial charge < -0.3 is 4.74 Å². The maximum atomic E-state index is 13.3. The highest BCUT2D eigenvalue weighted by molar-refractivity contribution is 7.22. The van der Waals surface area contributed by atoms with Crippen molar-refractivity contribution < 1.29 is 13.9 Å². The number of nitrogens with one attached hydrogen (secondary N) is 1. The van der Waals surface area contributed by atoms with Gasteiger partial charge in [-0.05, 0) is 48.9 Å². The van der Waals surface area contributed by atoms with E-state index in [1.165, 1.54) is 49.2 Å². The van der Waals surface area contributed by atoms with Crippen LogP contribution in [0.25, 0.3) is 10.2 Å². The van der Waals surface area contributed by atoms with Crippen molar-refractivity contribution in [3.05, 3.63) is 53.8 Å². The molecule has 3 rings (SSSR count). The number of thiazole rings is 1. The lowest BCUT2D eigenvalue weighted by molar-refractivity contribution is 0.102. The molecule has 1 amide bonds. The number of carbonyl (C=O) groups excluding carboxylic acids is 1. The summed E-state index contributed by atoms with van der Waals surface area (Å²) in [6.07, 6.45) is 5.98. The predicted molar refractivity (Wildman–Crippen MR) is 108 cm³/mol. The Balaban J connectivity index is 1.52. The summed E-state index contributed by atoms with van der Waals surface area (Å²) in [4.78, 5) is 16.7. The van der Waals surface area contributed by atoms with Crippen LogP contribution in [0, 0.1) is 5.82 Å². The van der Waals surface area contributed by atoms with Gasteiger partial charge in [-0.2, -0.15) is 0 Å². The molecule has 6 heteroatoms. The molecule has 27 heavy (non-hydrogen) atoms. The van der Waals surface area contributed by atoms with Crippen LogP contribution in [0.5, 0.6) is 5.75 Å². The fourth-order valence-electron chi connectivity index (χ4n) is 2.72. The van der Waals surface area contributed by atoms with Crippen LogP contribution in [0.3, 0.4) is 0 Å². The van der Waals surface area contributed by atoms with Crippen molar-refractivity contribution in [3.63, 3.8) is 0 Å². The standard InChI is InChI=1S/C21H23FN2O2S/c1-2-3-4-5-6-13-26-17-10-7-15(8-11-17)20(25)24-21-23-18-12-9-16(22)14-19(18)27-21/h7-12,14H,2-6,13H2,1H3,(H,23,24,25). The summed E-state index contributed by atoms with van der Waals surface area (Å²) in [6, 6.07) is 11.4. The van der Waals surface area contributed by atoms with E-state index in [-0.39, 0.29) is 11.7 Å². The molecule has 3 aromatic rings. The lowest BCUT2D eigenvalue weighted by Gasteiger charge is -2.07. The van der Waals surface area contributed by atoms with Gasteiger partial charge in [-0.3, -0.25) is 10.1 Å². The van der Waals surface area contributed by atoms with Gasteiger partial charge in [0.15, 0.2) is 5.13 Å². The molecule has 0 atom stereocenters. The minimum atomic E-state index is -0.315. The van der Waals surface area contributed by atoms with Gasteiger partial charge in [0.05, 0.1) is 16.8 Å². The topological polar surface area (TPSA) is 51.2 Å². The Morgan fingerprint density at radius 3 is 2.67 bits per heavy atom. The van der Waals surface area contributed by atoms with Gasteiger partial charge in [0, 0.05) is 5.56 Å². The van der Waals surface area contributed by atoms with Crippen LogP contribution in [0.1, 0.15) is 49.4 Å². The Bertz CT molecular complexity index is 893. The third kappa shape index (κ3) is 5.50. The average molecular weight is 386 g/mol. The Morgan fingerprint density at radius 2 is 1.89 bits per heavy atom. The summed E-state index contributed by atoms with van der Waals surface area (Å²) in [7, 11) is 0. The van der Waals surface area contributed by atoms with E-state index in [4.69, 9.17) is 4.74 Å². The minimum Gasteiger partial charge on any atom is -0.494 e. The van der Waals surface area contributed by atoms with Crippen molar-refractivity contribution >= 4 is 32.6 Å². The number of benzene rings is 2. The second-order valence-electron chi connectivity index (χ2n) is 6.37. The van der Waals surface area contributed by atoms with Gasteiger partial charge in [-0.15, -0.1) is 0 Å². The fourth-order valence-corrected chi connectivity index (χ4v) is 3.61. The van der Waals surface area contributed by atoms with Crippen LogP contribution in [0.4, 0.5) is 9.52 Å². The highest BCUT2D eigenvalue weighted by atomic mass is 32.1. The number of aromatic nitrogens is 1. The molecule has 0 saturated heterocycles. The number of halogens is 1. The van der Waals surface area contributed by atoms with Gasteiger partial charge in [0.2, 0.25) is 0 Å². The molecular weight excluding hydrogens is 363 g/mol. The van der Waals surface area contributed by atoms with Crippen molar-refractivity contribution in [2.24, 2.45) is 0 Å². The van der Waals surface area contributed by atoms with E-state index in [1.807, 2.05) is 0 Å². The lowest BCUT2D eigenvalue weighted by Crippen LogP contribution is -2.11. The number of unbranched alkanes of at least 4 members (excludes halogenated alkanes) is 4. The maximum absolute atomic E-state index is 13.3. The van der Waals surface area contributed by atoms with E-state index in [2.05, 4.69) is 17.2 Å². The molecule has 1 heterocycles. The Morgan fingerprint density at radius 1 is 1.11 bits per heavy atom. The van der Waals surface area contributed by atoms with Crippen molar-refractivity contribution in [1.29, 1.82) is 0 Å². The first-order valence-electron chi connectivity index (χ1n) is 9.26. The molecule has 0 saturated carbocycles. The first-order chi connectivity index (χ1) is 13.2. The van der Waals surface area contributed by atoms with Crippen molar-refractivity contribution in [1.82, 2.24) is 4.98 Å². The summed E-state index contributed by atoms with van der Waals surface area (Å²) in [5, 5.41) is 3.22. The van der Waals surface area contributed by atoms with Gasteiger partial charge in [0.1, 0.15) is 11.6 Å². The first-order valence-corrected chi connectivity index (χ1v) is 10.1. The molecule has 0 fully saturated rings. The monoisotopic (exact) mass is 386 g/mol.